The third kappa shape index (κ3) is 6.73. The van der Waals surface area contributed by atoms with Crippen LogP contribution < -0.4 is 18.9 Å². The lowest BCUT2D eigenvalue weighted by molar-refractivity contribution is -0.151. The Morgan fingerprint density at radius 1 is 0.642 bits per heavy atom. The topological polar surface area (TPSA) is 212 Å². The molecule has 3 aromatic rings. The predicted octanol–water partition coefficient (Wildman–Crippen LogP) is 5.86. The van der Waals surface area contributed by atoms with Gasteiger partial charge < -0.3 is 44.1 Å². The fourth-order valence-electron chi connectivity index (χ4n) is 5.91. The molecule has 0 fully saturated rings. The lowest BCUT2D eigenvalue weighted by Gasteiger charge is -2.30. The molecule has 4 N–H and O–H groups in total. The van der Waals surface area contributed by atoms with Gasteiger partial charge in [0.1, 0.15) is 55.7 Å². The first-order valence-electron chi connectivity index (χ1n) is 15.8. The first kappa shape index (κ1) is 40.1. The van der Waals surface area contributed by atoms with Gasteiger partial charge in [0.25, 0.3) is 0 Å². The number of aromatic hydroxyl groups is 2. The number of carbonyl (C=O) groups is 5. The Kier molecular flexibility index (Phi) is 11.2. The minimum Gasteiger partial charge on any atom is -0.507 e. The molecule has 0 bridgehead atoms. The van der Waals surface area contributed by atoms with Crippen LogP contribution in [0.25, 0.3) is 0 Å². The predicted molar refractivity (Wildman–Crippen MR) is 191 cm³/mol. The largest absolute Gasteiger partial charge is 0.507 e. The van der Waals surface area contributed by atoms with Gasteiger partial charge in [0.2, 0.25) is 5.60 Å². The Labute approximate surface area is 312 Å². The Bertz CT molecular complexity index is 2150. The van der Waals surface area contributed by atoms with Crippen LogP contribution in [-0.4, -0.2) is 69.9 Å². The molecule has 0 unspecified atom stereocenters. The average Bonchev–Trinajstić information content (AvgIpc) is 3.09. The van der Waals surface area contributed by atoms with E-state index in [1.807, 2.05) is 0 Å². The highest BCUT2D eigenvalue weighted by atomic mass is 79.9. The van der Waals surface area contributed by atoms with E-state index < -0.39 is 46.8 Å². The fourth-order valence-corrected chi connectivity index (χ4v) is 6.49. The van der Waals surface area contributed by atoms with Gasteiger partial charge in [-0.25, -0.2) is 19.2 Å². The van der Waals surface area contributed by atoms with Crippen LogP contribution in [0, 0.1) is 48.5 Å². The van der Waals surface area contributed by atoms with E-state index in [0.29, 0.717) is 11.1 Å². The van der Waals surface area contributed by atoms with Crippen LogP contribution in [0.15, 0.2) is 34.0 Å². The van der Waals surface area contributed by atoms with Crippen molar-refractivity contribution in [2.75, 3.05) is 14.2 Å². The molecule has 0 radical (unpaired) electrons. The summed E-state index contributed by atoms with van der Waals surface area (Å²) < 4.78 is 26.9. The summed E-state index contributed by atoms with van der Waals surface area (Å²) in [6.45, 7) is 11.8. The van der Waals surface area contributed by atoms with E-state index in [0.717, 1.165) is 12.2 Å². The lowest BCUT2D eigenvalue weighted by Crippen LogP contribution is -2.47. The number of benzene rings is 3. The first-order valence-corrected chi connectivity index (χ1v) is 16.6. The number of aliphatic hydroxyl groups is 1. The second kappa shape index (κ2) is 14.8. The summed E-state index contributed by atoms with van der Waals surface area (Å²) in [4.78, 5) is 64.3. The molecule has 14 nitrogen and oxygen atoms in total. The summed E-state index contributed by atoms with van der Waals surface area (Å²) in [6, 6.07) is 1.26. The zero-order valence-corrected chi connectivity index (χ0v) is 32.1. The van der Waals surface area contributed by atoms with E-state index in [4.69, 9.17) is 23.7 Å². The Hall–Kier alpha value is -5.67. The second-order valence-electron chi connectivity index (χ2n) is 12.4. The van der Waals surface area contributed by atoms with Gasteiger partial charge >= 0.3 is 23.9 Å². The highest BCUT2D eigenvalue weighted by Crippen LogP contribution is 2.45. The summed E-state index contributed by atoms with van der Waals surface area (Å²) in [6.07, 6.45) is 1.99. The van der Waals surface area contributed by atoms with Gasteiger partial charge in [-0.15, -0.1) is 0 Å². The summed E-state index contributed by atoms with van der Waals surface area (Å²) >= 11 is 3.17. The van der Waals surface area contributed by atoms with Crippen LogP contribution in [0.2, 0.25) is 0 Å². The van der Waals surface area contributed by atoms with Crippen molar-refractivity contribution in [1.29, 1.82) is 0 Å². The molecule has 0 aromatic heterocycles. The Morgan fingerprint density at radius 3 is 1.72 bits per heavy atom. The molecule has 1 aliphatic carbocycles. The minimum absolute atomic E-state index is 0.00480. The molecule has 0 saturated heterocycles. The number of ether oxygens (including phenoxy) is 5. The van der Waals surface area contributed by atoms with Gasteiger partial charge in [-0.05, 0) is 116 Å². The van der Waals surface area contributed by atoms with Crippen LogP contribution in [-0.2, 0) is 14.3 Å². The number of hydrogen-bond donors (Lipinski definition) is 4. The van der Waals surface area contributed by atoms with Crippen molar-refractivity contribution in [2.45, 2.75) is 61.0 Å². The molecule has 0 aliphatic heterocycles. The molecule has 4 rings (SSSR count). The fraction of sp³-hybridized carbons (Fsp3) is 0.289. The first-order chi connectivity index (χ1) is 24.6. The number of hydrogen-bond acceptors (Lipinski definition) is 13. The molecule has 0 heterocycles. The van der Waals surface area contributed by atoms with E-state index in [1.165, 1.54) is 61.8 Å². The minimum atomic E-state index is -2.46. The van der Waals surface area contributed by atoms with E-state index >= 15 is 0 Å². The summed E-state index contributed by atoms with van der Waals surface area (Å²) in [5.74, 6) is -6.99. The lowest BCUT2D eigenvalue weighted by atomic mass is 9.87. The van der Waals surface area contributed by atoms with Crippen LogP contribution in [0.1, 0.15) is 76.9 Å². The van der Waals surface area contributed by atoms with E-state index in [9.17, 15) is 44.4 Å². The highest BCUT2D eigenvalue weighted by molar-refractivity contribution is 9.10. The van der Waals surface area contributed by atoms with Crippen molar-refractivity contribution in [3.8, 4) is 34.5 Å². The zero-order valence-electron chi connectivity index (χ0n) is 30.5. The third-order valence-electron chi connectivity index (χ3n) is 9.46. The van der Waals surface area contributed by atoms with Crippen LogP contribution in [0.3, 0.4) is 0 Å². The molecule has 0 saturated carbocycles. The van der Waals surface area contributed by atoms with Crippen molar-refractivity contribution in [1.82, 2.24) is 0 Å². The van der Waals surface area contributed by atoms with Gasteiger partial charge in [-0.1, -0.05) is 0 Å². The molecule has 15 heteroatoms. The van der Waals surface area contributed by atoms with Crippen molar-refractivity contribution in [2.24, 2.45) is 0 Å². The SMILES string of the molecule is COC1=CC(=O)C=C(C)[C@]1(O)C(=O)Oc1c(C)c(C)c(C(=O)Oc2c(C)c(C)c(C(=O)Oc3cc(OC)c(C(=O)O)c(C)c3C)c(O)c2C)c(O)c1Br. The van der Waals surface area contributed by atoms with Crippen molar-refractivity contribution in [3.05, 3.63) is 89.7 Å². The monoisotopic (exact) mass is 796 g/mol. The molecule has 3 aromatic carbocycles. The quantitative estimate of drug-likeness (QED) is 0.148. The number of carboxylic acids is 1. The number of methoxy groups -OCH3 is 2. The summed E-state index contributed by atoms with van der Waals surface area (Å²) in [5.41, 5.74) is -1.73. The van der Waals surface area contributed by atoms with Crippen molar-refractivity contribution < 1.29 is 68.1 Å². The van der Waals surface area contributed by atoms with Gasteiger partial charge in [0.05, 0.1) is 14.2 Å². The molecule has 280 valence electrons. The standard InChI is InChI=1S/C38H37BrO14/c1-14-11-22(40)12-25(50-10)38(14,48)37(47)53-33-20(7)18(5)28(31(42)29(33)39)36(46)52-32-19(6)17(4)27(30(41)21(32)8)35(45)51-23-13-24(49-9)26(34(43)44)16(3)15(23)2/h11-13,41-42,48H,1-10H3,(H,43,44)/t38-/m1/s1. The zero-order chi connectivity index (χ0) is 40.0. The van der Waals surface area contributed by atoms with Crippen molar-refractivity contribution >= 4 is 45.6 Å². The van der Waals surface area contributed by atoms with Crippen LogP contribution >= 0.6 is 15.9 Å². The normalized spacial score (nSPS) is 15.3. The number of carboxylic acid groups (broad SMARTS) is 1. The number of phenolic OH excluding ortho intramolecular Hbond substituents is 2. The summed E-state index contributed by atoms with van der Waals surface area (Å²) in [7, 11) is 2.44. The number of halogens is 1. The third-order valence-corrected chi connectivity index (χ3v) is 10.2. The van der Waals surface area contributed by atoms with E-state index in [1.54, 1.807) is 13.8 Å². The second-order valence-corrected chi connectivity index (χ2v) is 13.2. The average molecular weight is 798 g/mol. The van der Waals surface area contributed by atoms with Gasteiger partial charge in [-0.3, -0.25) is 4.79 Å². The van der Waals surface area contributed by atoms with Crippen molar-refractivity contribution in [3.63, 3.8) is 0 Å². The molecule has 1 atom stereocenters. The Morgan fingerprint density at radius 2 is 1.17 bits per heavy atom. The van der Waals surface area contributed by atoms with E-state index in [2.05, 4.69) is 15.9 Å². The molecule has 1 aliphatic rings. The molecular formula is C38H37BrO14. The molecule has 0 amide bonds. The number of aromatic carboxylic acids is 1. The van der Waals surface area contributed by atoms with Crippen LogP contribution in [0.4, 0.5) is 0 Å². The van der Waals surface area contributed by atoms with E-state index in [-0.39, 0.29) is 83.3 Å². The molecule has 53 heavy (non-hydrogen) atoms. The maximum atomic E-state index is 13.7. The maximum Gasteiger partial charge on any atom is 0.356 e. The number of allylic oxidation sites excluding steroid dienone is 2. The maximum absolute atomic E-state index is 13.7. The number of carbonyl (C=O) groups excluding carboxylic acids is 4. The Balaban J connectivity index is 1.69. The van der Waals surface area contributed by atoms with Gasteiger partial charge in [0, 0.05) is 17.7 Å². The highest BCUT2D eigenvalue weighted by Gasteiger charge is 2.48. The molecular weight excluding hydrogens is 760 g/mol. The number of phenols is 2. The smallest absolute Gasteiger partial charge is 0.356 e. The van der Waals surface area contributed by atoms with Crippen LogP contribution in [0.5, 0.6) is 34.5 Å². The number of rotatable bonds is 9. The molecule has 0 spiro atoms. The number of esters is 3. The number of ketones is 1. The van der Waals surface area contributed by atoms with Gasteiger partial charge in [0.15, 0.2) is 11.5 Å². The summed E-state index contributed by atoms with van der Waals surface area (Å²) in [5, 5.41) is 43.3. The van der Waals surface area contributed by atoms with Gasteiger partial charge in [-0.2, -0.15) is 0 Å².